The van der Waals surface area contributed by atoms with Crippen molar-refractivity contribution in [2.45, 2.75) is 0 Å². The van der Waals surface area contributed by atoms with Gasteiger partial charge >= 0.3 is 0 Å². The van der Waals surface area contributed by atoms with Crippen LogP contribution in [0.15, 0.2) is 142 Å². The van der Waals surface area contributed by atoms with Gasteiger partial charge < -0.3 is 13.4 Å². The van der Waals surface area contributed by atoms with Crippen LogP contribution in [-0.2, 0) is 0 Å². The highest BCUT2D eigenvalue weighted by molar-refractivity contribution is 6.35. The summed E-state index contributed by atoms with van der Waals surface area (Å²) in [6.45, 7) is 0. The van der Waals surface area contributed by atoms with Gasteiger partial charge in [0.15, 0.2) is 0 Å². The fourth-order valence-electron chi connectivity index (χ4n) is 7.71. The first-order valence-corrected chi connectivity index (χ1v) is 15.2. The third-order valence-corrected chi connectivity index (χ3v) is 9.59. The van der Waals surface area contributed by atoms with E-state index in [9.17, 15) is 0 Å². The summed E-state index contributed by atoms with van der Waals surface area (Å²) < 4.78 is 15.1. The Morgan fingerprint density at radius 2 is 1.27 bits per heavy atom. The third kappa shape index (κ3) is 2.98. The fourth-order valence-corrected chi connectivity index (χ4v) is 7.71. The van der Waals surface area contributed by atoms with E-state index in [2.05, 4.69) is 114 Å². The first kappa shape index (κ1) is 23.3. The molecule has 4 aromatic heterocycles. The summed E-state index contributed by atoms with van der Waals surface area (Å²) in [5.41, 5.74) is 10.2. The van der Waals surface area contributed by atoms with Crippen LogP contribution in [0.4, 0.5) is 0 Å². The summed E-state index contributed by atoms with van der Waals surface area (Å²) in [6.07, 6.45) is 1.87. The molecule has 7 aromatic carbocycles. The van der Waals surface area contributed by atoms with Crippen molar-refractivity contribution in [3.63, 3.8) is 0 Å². The number of hydrogen-bond acceptors (Lipinski definition) is 3. The van der Waals surface area contributed by atoms with Crippen molar-refractivity contribution in [2.75, 3.05) is 0 Å². The predicted molar refractivity (Wildman–Crippen MR) is 185 cm³/mol. The molecule has 0 saturated heterocycles. The predicted octanol–water partition coefficient (Wildman–Crippen LogP) is 11.4. The lowest BCUT2D eigenvalue weighted by atomic mass is 9.89. The Hall–Kier alpha value is -6.13. The highest BCUT2D eigenvalue weighted by atomic mass is 16.3. The van der Waals surface area contributed by atoms with E-state index in [0.29, 0.717) is 0 Å². The number of hydrogen-bond donors (Lipinski definition) is 0. The van der Waals surface area contributed by atoms with Crippen molar-refractivity contribution in [1.29, 1.82) is 0 Å². The van der Waals surface area contributed by atoms with Gasteiger partial charge in [-0.25, -0.2) is 0 Å². The summed E-state index contributed by atoms with van der Waals surface area (Å²) in [5.74, 6) is 0. The van der Waals surface area contributed by atoms with Crippen molar-refractivity contribution in [3.05, 3.63) is 134 Å². The van der Waals surface area contributed by atoms with Gasteiger partial charge in [-0.15, -0.1) is 0 Å². The first-order chi connectivity index (χ1) is 22.3. The van der Waals surface area contributed by atoms with E-state index < -0.39 is 0 Å². The molecule has 4 heteroatoms. The smallest absolute Gasteiger partial charge is 0.136 e. The standard InChI is InChI=1S/C41H22N2O2/c1-2-8-23(9-3-1)25-17-18-36-40-38(25)30-20-24(15-16-26(30)28-11-6-14-35(45-36)39(28)40)43-32-12-7-19-42-41(32)31-22-37-29(21-33(31)43)27-10-4-5-13-34(27)44-37/h1-22H. The number of nitrogens with zero attached hydrogens (tertiary/aromatic N) is 2. The first-order valence-electron chi connectivity index (χ1n) is 15.2. The molecule has 4 heterocycles. The average Bonchev–Trinajstić information content (AvgIpc) is 3.76. The minimum atomic E-state index is 0.874. The van der Waals surface area contributed by atoms with Gasteiger partial charge in [-0.3, -0.25) is 4.98 Å². The van der Waals surface area contributed by atoms with Gasteiger partial charge in [-0.2, -0.15) is 0 Å². The molecule has 4 nitrogen and oxygen atoms in total. The summed E-state index contributed by atoms with van der Waals surface area (Å²) >= 11 is 0. The van der Waals surface area contributed by atoms with Crippen LogP contribution in [0.3, 0.4) is 0 Å². The van der Waals surface area contributed by atoms with Crippen molar-refractivity contribution in [3.8, 4) is 16.8 Å². The Labute approximate surface area is 255 Å². The van der Waals surface area contributed by atoms with Gasteiger partial charge in [0, 0.05) is 44.2 Å². The molecule has 0 aliphatic heterocycles. The molecule has 0 N–H and O–H groups in total. The monoisotopic (exact) mass is 574 g/mol. The molecule has 0 amide bonds. The zero-order valence-electron chi connectivity index (χ0n) is 23.9. The summed E-state index contributed by atoms with van der Waals surface area (Å²) in [5, 5.41) is 10.5. The van der Waals surface area contributed by atoms with Gasteiger partial charge in [0.1, 0.15) is 22.3 Å². The van der Waals surface area contributed by atoms with E-state index >= 15 is 0 Å². The SMILES string of the molecule is c1ccc(-c2ccc3oc4cccc5c6ccc(-n7c8cc9c(cc8c8ncccc87)oc7ccccc79)cc6c2c3c45)cc1. The van der Waals surface area contributed by atoms with E-state index in [-0.39, 0.29) is 0 Å². The van der Waals surface area contributed by atoms with E-state index in [0.717, 1.165) is 60.7 Å². The van der Waals surface area contributed by atoms with E-state index in [1.807, 2.05) is 24.4 Å². The summed E-state index contributed by atoms with van der Waals surface area (Å²) in [4.78, 5) is 4.86. The Morgan fingerprint density at radius 3 is 2.22 bits per heavy atom. The number of para-hydroxylation sites is 1. The summed E-state index contributed by atoms with van der Waals surface area (Å²) in [6, 6.07) is 45.1. The van der Waals surface area contributed by atoms with Gasteiger partial charge in [0.25, 0.3) is 0 Å². The summed E-state index contributed by atoms with van der Waals surface area (Å²) in [7, 11) is 0. The molecule has 0 bridgehead atoms. The van der Waals surface area contributed by atoms with Crippen LogP contribution in [0, 0.1) is 0 Å². The van der Waals surface area contributed by atoms with E-state index in [1.165, 1.54) is 43.4 Å². The lowest BCUT2D eigenvalue weighted by Gasteiger charge is -2.15. The maximum absolute atomic E-state index is 6.44. The number of benzene rings is 7. The maximum atomic E-state index is 6.44. The maximum Gasteiger partial charge on any atom is 0.136 e. The average molecular weight is 575 g/mol. The van der Waals surface area contributed by atoms with Gasteiger partial charge in [0.2, 0.25) is 0 Å². The minimum absolute atomic E-state index is 0.874. The van der Waals surface area contributed by atoms with Gasteiger partial charge in [0.05, 0.1) is 16.6 Å². The van der Waals surface area contributed by atoms with E-state index in [1.54, 1.807) is 0 Å². The molecule has 0 spiro atoms. The number of furan rings is 2. The van der Waals surface area contributed by atoms with Crippen LogP contribution in [0.5, 0.6) is 0 Å². The molecule has 11 rings (SSSR count). The third-order valence-electron chi connectivity index (χ3n) is 9.59. The van der Waals surface area contributed by atoms with Crippen molar-refractivity contribution in [1.82, 2.24) is 9.55 Å². The Balaban J connectivity index is 1.31. The fraction of sp³-hybridized carbons (Fsp3) is 0. The number of rotatable bonds is 2. The minimum Gasteiger partial charge on any atom is -0.456 e. The Morgan fingerprint density at radius 1 is 0.444 bits per heavy atom. The molecule has 0 unspecified atom stereocenters. The second kappa shape index (κ2) is 8.28. The highest BCUT2D eigenvalue weighted by Gasteiger charge is 2.22. The zero-order chi connectivity index (χ0) is 29.2. The number of pyridine rings is 1. The Kier molecular flexibility index (Phi) is 4.29. The largest absolute Gasteiger partial charge is 0.456 e. The second-order valence-corrected chi connectivity index (χ2v) is 11.9. The molecular formula is C41H22N2O2. The topological polar surface area (TPSA) is 44.1 Å². The lowest BCUT2D eigenvalue weighted by molar-refractivity contribution is 0.669. The lowest BCUT2D eigenvalue weighted by Crippen LogP contribution is -1.95. The molecule has 0 fully saturated rings. The molecular weight excluding hydrogens is 552 g/mol. The van der Waals surface area contributed by atoms with Crippen LogP contribution in [0.1, 0.15) is 0 Å². The molecule has 0 aliphatic carbocycles. The molecule has 11 aromatic rings. The van der Waals surface area contributed by atoms with Crippen molar-refractivity contribution in [2.24, 2.45) is 0 Å². The van der Waals surface area contributed by atoms with E-state index in [4.69, 9.17) is 13.8 Å². The molecule has 0 saturated carbocycles. The molecule has 45 heavy (non-hydrogen) atoms. The van der Waals surface area contributed by atoms with Crippen molar-refractivity contribution >= 4 is 87.4 Å². The van der Waals surface area contributed by atoms with Gasteiger partial charge in [-0.1, -0.05) is 72.8 Å². The number of aromatic nitrogens is 2. The number of fused-ring (bicyclic) bond motifs is 9. The molecule has 0 atom stereocenters. The second-order valence-electron chi connectivity index (χ2n) is 11.9. The van der Waals surface area contributed by atoms with Crippen LogP contribution in [-0.4, -0.2) is 9.55 Å². The quantitative estimate of drug-likeness (QED) is 0.193. The Bertz CT molecular complexity index is 2980. The van der Waals surface area contributed by atoms with Crippen LogP contribution >= 0.6 is 0 Å². The van der Waals surface area contributed by atoms with Gasteiger partial charge in [-0.05, 0) is 81.9 Å². The van der Waals surface area contributed by atoms with Crippen LogP contribution in [0.25, 0.3) is 104 Å². The highest BCUT2D eigenvalue weighted by Crippen LogP contribution is 2.47. The van der Waals surface area contributed by atoms with Crippen LogP contribution < -0.4 is 0 Å². The zero-order valence-corrected chi connectivity index (χ0v) is 23.9. The molecule has 0 aliphatic rings. The molecule has 208 valence electrons. The van der Waals surface area contributed by atoms with Crippen LogP contribution in [0.2, 0.25) is 0 Å². The normalized spacial score (nSPS) is 12.4. The molecule has 0 radical (unpaired) electrons. The van der Waals surface area contributed by atoms with Crippen molar-refractivity contribution < 1.29 is 8.83 Å².